The van der Waals surface area contributed by atoms with Gasteiger partial charge in [0.1, 0.15) is 30.8 Å². The van der Waals surface area contributed by atoms with Crippen LogP contribution in [0.15, 0.2) is 36.4 Å². The van der Waals surface area contributed by atoms with Crippen LogP contribution in [-0.2, 0) is 43.6 Å². The van der Waals surface area contributed by atoms with E-state index in [2.05, 4.69) is 78.2 Å². The third kappa shape index (κ3) is 7.62. The fourth-order valence-corrected chi connectivity index (χ4v) is 8.89. The van der Waals surface area contributed by atoms with E-state index in [1.54, 1.807) is 7.11 Å². The lowest BCUT2D eigenvalue weighted by Crippen LogP contribution is -2.30. The van der Waals surface area contributed by atoms with E-state index in [9.17, 15) is 9.59 Å². The zero-order valence-electron chi connectivity index (χ0n) is 32.8. The van der Waals surface area contributed by atoms with Crippen LogP contribution < -0.4 is 20.1 Å². The van der Waals surface area contributed by atoms with Gasteiger partial charge in [-0.2, -0.15) is 0 Å². The highest BCUT2D eigenvalue weighted by Gasteiger charge is 2.58. The topological polar surface area (TPSA) is 95.1 Å². The number of aryl methyl sites for hydroxylation is 2. The summed E-state index contributed by atoms with van der Waals surface area (Å²) < 4.78 is 24.3. The second-order valence-corrected chi connectivity index (χ2v) is 16.3. The monoisotopic (exact) mass is 698 g/mol. The van der Waals surface area contributed by atoms with Crippen LogP contribution in [0.3, 0.4) is 0 Å². The molecule has 0 aliphatic heterocycles. The van der Waals surface area contributed by atoms with Crippen molar-refractivity contribution in [3.8, 4) is 11.5 Å². The molecule has 51 heavy (non-hydrogen) atoms. The summed E-state index contributed by atoms with van der Waals surface area (Å²) in [6, 6.07) is 12.4. The summed E-state index contributed by atoms with van der Waals surface area (Å²) in [7, 11) is 1.72. The lowest BCUT2D eigenvalue weighted by molar-refractivity contribution is -0.119. The molecular formula is C43H58N2O6. The highest BCUT2D eigenvalue weighted by molar-refractivity contribution is 5.73. The summed E-state index contributed by atoms with van der Waals surface area (Å²) in [6.45, 7) is 25.1. The van der Waals surface area contributed by atoms with Gasteiger partial charge in [0.05, 0.1) is 6.10 Å². The van der Waals surface area contributed by atoms with Gasteiger partial charge in [0.15, 0.2) is 0 Å². The summed E-state index contributed by atoms with van der Waals surface area (Å²) in [5, 5.41) is 5.64. The Balaban J connectivity index is 1.38. The van der Waals surface area contributed by atoms with Crippen LogP contribution in [0.2, 0.25) is 0 Å². The fourth-order valence-electron chi connectivity index (χ4n) is 8.89. The maximum absolute atomic E-state index is 12.8. The number of nitrogens with one attached hydrogen (secondary N) is 2. The van der Waals surface area contributed by atoms with Gasteiger partial charge >= 0.3 is 6.09 Å². The normalized spacial score (nSPS) is 19.2. The first-order valence-electron chi connectivity index (χ1n) is 18.3. The molecule has 2 aliphatic carbocycles. The number of ether oxygens (including phenoxy) is 4. The van der Waals surface area contributed by atoms with Crippen molar-refractivity contribution in [2.24, 2.45) is 0 Å². The van der Waals surface area contributed by atoms with Crippen molar-refractivity contribution in [1.29, 1.82) is 0 Å². The highest BCUT2D eigenvalue weighted by atomic mass is 16.6. The quantitative estimate of drug-likeness (QED) is 0.198. The number of hydrogen-bond donors (Lipinski definition) is 2. The zero-order chi connectivity index (χ0) is 37.5. The average molecular weight is 699 g/mol. The van der Waals surface area contributed by atoms with Crippen LogP contribution in [0, 0.1) is 27.7 Å². The molecule has 8 nitrogen and oxygen atoms in total. The minimum absolute atomic E-state index is 0.00448. The van der Waals surface area contributed by atoms with Gasteiger partial charge in [0.2, 0.25) is 5.91 Å². The summed E-state index contributed by atoms with van der Waals surface area (Å²) in [5.41, 5.74) is 11.8. The first-order chi connectivity index (χ1) is 23.9. The largest absolute Gasteiger partial charge is 0.490 e. The number of hydrogen-bond acceptors (Lipinski definition) is 6. The van der Waals surface area contributed by atoms with E-state index < -0.39 is 12.2 Å². The Morgan fingerprint density at radius 1 is 0.745 bits per heavy atom. The molecule has 0 heterocycles. The van der Waals surface area contributed by atoms with E-state index in [0.717, 1.165) is 52.2 Å². The van der Waals surface area contributed by atoms with E-state index >= 15 is 0 Å². The Labute approximate surface area is 305 Å². The number of carbonyl (C=O) groups excluding carboxylic acids is 2. The van der Waals surface area contributed by atoms with Gasteiger partial charge in [-0.15, -0.1) is 0 Å². The molecule has 2 amide bonds. The number of amides is 2. The Bertz CT molecular complexity index is 1810. The van der Waals surface area contributed by atoms with Crippen LogP contribution in [0.25, 0.3) is 0 Å². The molecule has 0 aromatic heterocycles. The van der Waals surface area contributed by atoms with Gasteiger partial charge in [-0.05, 0) is 121 Å². The third-order valence-electron chi connectivity index (χ3n) is 10.9. The number of benzene rings is 3. The van der Waals surface area contributed by atoms with Crippen LogP contribution in [0.5, 0.6) is 11.5 Å². The van der Waals surface area contributed by atoms with Crippen molar-refractivity contribution in [1.82, 2.24) is 10.6 Å². The Morgan fingerprint density at radius 3 is 1.69 bits per heavy atom. The predicted molar refractivity (Wildman–Crippen MR) is 202 cm³/mol. The van der Waals surface area contributed by atoms with E-state index in [4.69, 9.17) is 18.9 Å². The summed E-state index contributed by atoms with van der Waals surface area (Å²) in [6.07, 6.45) is 1.02. The Morgan fingerprint density at radius 2 is 1.22 bits per heavy atom. The molecule has 0 bridgehead atoms. The SMILES string of the molecule is COC(C)COc1c(C)cc2c(c1C)C1(CC2(C)C)CC(C)(C)c2cc(C)c(OCC(C)OC(=O)NCc3cccc(CNC(C)=O)c3)c(C)c21. The Kier molecular flexibility index (Phi) is 10.9. The lowest BCUT2D eigenvalue weighted by Gasteiger charge is -2.33. The molecule has 5 rings (SSSR count). The first-order valence-corrected chi connectivity index (χ1v) is 18.3. The van der Waals surface area contributed by atoms with Crippen LogP contribution in [0.4, 0.5) is 4.79 Å². The number of rotatable bonds is 12. The molecule has 8 heteroatoms. The van der Waals surface area contributed by atoms with Crippen molar-refractivity contribution in [2.45, 2.75) is 131 Å². The maximum Gasteiger partial charge on any atom is 0.407 e. The van der Waals surface area contributed by atoms with Crippen LogP contribution in [0.1, 0.15) is 117 Å². The van der Waals surface area contributed by atoms with Gasteiger partial charge in [-0.25, -0.2) is 4.79 Å². The molecule has 3 unspecified atom stereocenters. The molecule has 2 aliphatic rings. The van der Waals surface area contributed by atoms with E-state index in [1.807, 2.05) is 38.1 Å². The molecular weight excluding hydrogens is 640 g/mol. The zero-order valence-corrected chi connectivity index (χ0v) is 32.8. The Hall–Kier alpha value is -4.04. The van der Waals surface area contributed by atoms with Gasteiger partial charge in [-0.3, -0.25) is 4.79 Å². The lowest BCUT2D eigenvalue weighted by atomic mass is 9.70. The van der Waals surface area contributed by atoms with Gasteiger partial charge in [-0.1, -0.05) is 64.1 Å². The standard InChI is InChI=1S/C43H58N2O6/c1-25-16-34-36(29(5)38(25)49-21-27(3)48-12)43(23-41(34,8)9)24-42(10,11)35-17-26(2)39(30(6)37(35)43)50-22-28(4)51-40(47)45-20-33-15-13-14-32(18-33)19-44-31(7)46/h13-18,27-28H,19-24H2,1-12H3,(H,44,46)(H,45,47). The second kappa shape index (κ2) is 14.5. The van der Waals surface area contributed by atoms with Crippen molar-refractivity contribution in [3.63, 3.8) is 0 Å². The molecule has 276 valence electrons. The van der Waals surface area contributed by atoms with E-state index in [0.29, 0.717) is 19.7 Å². The maximum atomic E-state index is 12.8. The summed E-state index contributed by atoms with van der Waals surface area (Å²) in [5.74, 6) is 1.74. The number of carbonyl (C=O) groups is 2. The van der Waals surface area contributed by atoms with Crippen LogP contribution >= 0.6 is 0 Å². The molecule has 0 saturated carbocycles. The molecule has 2 N–H and O–H groups in total. The van der Waals surface area contributed by atoms with Crippen molar-refractivity contribution < 1.29 is 28.5 Å². The van der Waals surface area contributed by atoms with Crippen LogP contribution in [-0.4, -0.2) is 44.5 Å². The van der Waals surface area contributed by atoms with Gasteiger partial charge < -0.3 is 29.6 Å². The summed E-state index contributed by atoms with van der Waals surface area (Å²) in [4.78, 5) is 24.0. The van der Waals surface area contributed by atoms with Crippen molar-refractivity contribution >= 4 is 12.0 Å². The minimum Gasteiger partial charge on any atom is -0.490 e. The highest BCUT2D eigenvalue weighted by Crippen LogP contribution is 2.65. The fraction of sp³-hybridized carbons (Fsp3) is 0.535. The second-order valence-electron chi connectivity index (χ2n) is 16.3. The average Bonchev–Trinajstić information content (AvgIpc) is 3.40. The molecule has 3 atom stereocenters. The number of fused-ring (bicyclic) bond motifs is 4. The summed E-state index contributed by atoms with van der Waals surface area (Å²) >= 11 is 0. The molecule has 1 spiro atoms. The molecule has 0 saturated heterocycles. The van der Waals surface area contributed by atoms with E-state index in [1.165, 1.54) is 34.7 Å². The van der Waals surface area contributed by atoms with Crippen molar-refractivity contribution in [2.75, 3.05) is 20.3 Å². The number of methoxy groups -OCH3 is 1. The third-order valence-corrected chi connectivity index (χ3v) is 10.9. The molecule has 0 fully saturated rings. The number of alkyl carbamates (subject to hydrolysis) is 1. The smallest absolute Gasteiger partial charge is 0.407 e. The first kappa shape index (κ1) is 38.2. The van der Waals surface area contributed by atoms with Crippen molar-refractivity contribution in [3.05, 3.63) is 92.0 Å². The molecule has 0 radical (unpaired) electrons. The van der Waals surface area contributed by atoms with Gasteiger partial charge in [0, 0.05) is 32.5 Å². The van der Waals surface area contributed by atoms with Gasteiger partial charge in [0.25, 0.3) is 0 Å². The minimum atomic E-state index is -0.505. The molecule has 3 aromatic carbocycles. The van der Waals surface area contributed by atoms with E-state index in [-0.39, 0.29) is 34.9 Å². The predicted octanol–water partition coefficient (Wildman–Crippen LogP) is 8.31. The molecule has 3 aromatic rings.